The van der Waals surface area contributed by atoms with Crippen molar-refractivity contribution in [3.8, 4) is 0 Å². The minimum Gasteiger partial charge on any atom is -0.388 e. The molecule has 0 bridgehead atoms. The molecule has 148 valence electrons. The minimum absolute atomic E-state index is 0.0729. The van der Waals surface area contributed by atoms with Crippen molar-refractivity contribution in [2.24, 2.45) is 41.5 Å². The fourth-order valence-electron chi connectivity index (χ4n) is 8.01. The van der Waals surface area contributed by atoms with Crippen LogP contribution in [0, 0.1) is 34.5 Å². The van der Waals surface area contributed by atoms with Crippen molar-refractivity contribution in [3.05, 3.63) is 23.5 Å². The number of rotatable bonds is 1. The highest BCUT2D eigenvalue weighted by Gasteiger charge is 2.60. The standard InChI is InChI=1S/C24H36N2O/c1-23-11-5-4-6-17(23)7-8-19-20(23)9-12-24(2)21(19)15-16(22(24)27)14-18-10-13-25-26(18)3/h10,13-14,17,19-22,27H,4-9,11-12,15H2,1-3H3/b16-14+/t17-,19+,20-,21-,22+,23+,24+/m1/s1. The molecule has 7 atom stereocenters. The van der Waals surface area contributed by atoms with Crippen LogP contribution in [0.25, 0.3) is 6.08 Å². The zero-order valence-corrected chi connectivity index (χ0v) is 17.3. The quantitative estimate of drug-likeness (QED) is 0.739. The van der Waals surface area contributed by atoms with E-state index in [1.807, 2.05) is 17.9 Å². The largest absolute Gasteiger partial charge is 0.388 e. The number of aromatic nitrogens is 2. The second-order valence-corrected chi connectivity index (χ2v) is 10.7. The van der Waals surface area contributed by atoms with Gasteiger partial charge in [0.1, 0.15) is 0 Å². The molecule has 0 aromatic carbocycles. The van der Waals surface area contributed by atoms with E-state index >= 15 is 0 Å². The van der Waals surface area contributed by atoms with Crippen LogP contribution in [0.3, 0.4) is 0 Å². The Balaban J connectivity index is 1.47. The number of nitrogens with zero attached hydrogens (tertiary/aromatic N) is 2. The highest BCUT2D eigenvalue weighted by Crippen LogP contribution is 2.66. The monoisotopic (exact) mass is 368 g/mol. The van der Waals surface area contributed by atoms with Crippen LogP contribution >= 0.6 is 0 Å². The van der Waals surface area contributed by atoms with Crippen molar-refractivity contribution in [2.45, 2.75) is 77.7 Å². The van der Waals surface area contributed by atoms with Gasteiger partial charge in [0, 0.05) is 18.7 Å². The van der Waals surface area contributed by atoms with Gasteiger partial charge >= 0.3 is 0 Å². The van der Waals surface area contributed by atoms with E-state index in [0.717, 1.165) is 29.9 Å². The molecule has 4 fully saturated rings. The van der Waals surface area contributed by atoms with E-state index in [0.29, 0.717) is 11.3 Å². The number of aliphatic hydroxyl groups excluding tert-OH is 1. The van der Waals surface area contributed by atoms with Crippen LogP contribution in [-0.4, -0.2) is 21.0 Å². The van der Waals surface area contributed by atoms with Crippen molar-refractivity contribution in [3.63, 3.8) is 0 Å². The van der Waals surface area contributed by atoms with Crippen LogP contribution in [0.1, 0.15) is 77.3 Å². The molecule has 0 unspecified atom stereocenters. The Kier molecular flexibility index (Phi) is 4.13. The van der Waals surface area contributed by atoms with Crippen LogP contribution in [0.4, 0.5) is 0 Å². The summed E-state index contributed by atoms with van der Waals surface area (Å²) in [5, 5.41) is 15.6. The van der Waals surface area contributed by atoms with Crippen LogP contribution in [0.15, 0.2) is 17.8 Å². The molecule has 1 heterocycles. The number of hydrogen-bond acceptors (Lipinski definition) is 2. The lowest BCUT2D eigenvalue weighted by molar-refractivity contribution is -0.119. The Morgan fingerprint density at radius 3 is 2.70 bits per heavy atom. The average Bonchev–Trinajstić information content (AvgIpc) is 3.17. The first kappa shape index (κ1) is 18.0. The van der Waals surface area contributed by atoms with E-state index in [9.17, 15) is 5.11 Å². The second kappa shape index (κ2) is 6.20. The molecule has 0 amide bonds. The molecule has 3 heteroatoms. The van der Waals surface area contributed by atoms with Crippen LogP contribution < -0.4 is 0 Å². The maximum atomic E-state index is 11.3. The molecule has 0 radical (unpaired) electrons. The fraction of sp³-hybridized carbons (Fsp3) is 0.792. The van der Waals surface area contributed by atoms with Gasteiger partial charge in [-0.3, -0.25) is 4.68 Å². The molecule has 5 rings (SSSR count). The summed E-state index contributed by atoms with van der Waals surface area (Å²) in [6, 6.07) is 2.06. The van der Waals surface area contributed by atoms with Crippen molar-refractivity contribution >= 4 is 6.08 Å². The second-order valence-electron chi connectivity index (χ2n) is 10.7. The molecule has 0 aliphatic heterocycles. The van der Waals surface area contributed by atoms with E-state index in [-0.39, 0.29) is 11.5 Å². The van der Waals surface area contributed by atoms with Gasteiger partial charge in [-0.1, -0.05) is 26.7 Å². The highest BCUT2D eigenvalue weighted by molar-refractivity contribution is 5.52. The first-order valence-corrected chi connectivity index (χ1v) is 11.3. The van der Waals surface area contributed by atoms with Gasteiger partial charge in [-0.2, -0.15) is 5.10 Å². The van der Waals surface area contributed by atoms with Crippen LogP contribution in [-0.2, 0) is 7.05 Å². The Labute approximate surface area is 164 Å². The van der Waals surface area contributed by atoms with Crippen LogP contribution in [0.5, 0.6) is 0 Å². The van der Waals surface area contributed by atoms with Crippen molar-refractivity contribution < 1.29 is 5.11 Å². The molecule has 1 aromatic rings. The van der Waals surface area contributed by atoms with Crippen molar-refractivity contribution in [2.75, 3.05) is 0 Å². The lowest BCUT2D eigenvalue weighted by Crippen LogP contribution is -2.53. The summed E-state index contributed by atoms with van der Waals surface area (Å²) in [5.41, 5.74) is 3.01. The molecule has 0 saturated heterocycles. The molecule has 1 N–H and O–H groups in total. The molecule has 4 aliphatic rings. The van der Waals surface area contributed by atoms with E-state index in [1.165, 1.54) is 56.9 Å². The summed E-state index contributed by atoms with van der Waals surface area (Å²) in [4.78, 5) is 0. The summed E-state index contributed by atoms with van der Waals surface area (Å²) in [7, 11) is 1.99. The number of fused-ring (bicyclic) bond motifs is 5. The lowest BCUT2D eigenvalue weighted by Gasteiger charge is -2.60. The van der Waals surface area contributed by atoms with E-state index in [4.69, 9.17) is 0 Å². The van der Waals surface area contributed by atoms with Gasteiger partial charge in [0.15, 0.2) is 0 Å². The topological polar surface area (TPSA) is 38.0 Å². The number of aliphatic hydroxyl groups is 1. The molecular weight excluding hydrogens is 332 g/mol. The third kappa shape index (κ3) is 2.53. The summed E-state index contributed by atoms with van der Waals surface area (Å²) in [5.74, 6) is 3.33. The molecule has 4 saturated carbocycles. The maximum absolute atomic E-state index is 11.3. The van der Waals surface area contributed by atoms with Crippen molar-refractivity contribution in [1.82, 2.24) is 9.78 Å². The predicted octanol–water partition coefficient (Wildman–Crippen LogP) is 5.21. The molecule has 4 aliphatic carbocycles. The van der Waals surface area contributed by atoms with Gasteiger partial charge in [0.05, 0.1) is 11.8 Å². The fourth-order valence-corrected chi connectivity index (χ4v) is 8.01. The summed E-state index contributed by atoms with van der Waals surface area (Å²) < 4.78 is 1.92. The molecule has 1 aromatic heterocycles. The molecular formula is C24H36N2O. The third-order valence-electron chi connectivity index (χ3n) is 9.64. The Morgan fingerprint density at radius 1 is 1.07 bits per heavy atom. The van der Waals surface area contributed by atoms with Gasteiger partial charge in [-0.25, -0.2) is 0 Å². The SMILES string of the molecule is Cn1nccc1/C=C1\C[C@@H]2[C@H]3CC[C@H]4CCCC[C@]4(C)[C@@H]3CC[C@]2(C)[C@H]1O. The normalized spacial score (nSPS) is 48.1. The predicted molar refractivity (Wildman–Crippen MR) is 109 cm³/mol. The summed E-state index contributed by atoms with van der Waals surface area (Å²) in [6.45, 7) is 5.02. The third-order valence-corrected chi connectivity index (χ3v) is 9.64. The van der Waals surface area contributed by atoms with Gasteiger partial charge in [0.2, 0.25) is 0 Å². The van der Waals surface area contributed by atoms with E-state index < -0.39 is 0 Å². The summed E-state index contributed by atoms with van der Waals surface area (Å²) in [6.07, 6.45) is 16.1. The Bertz CT molecular complexity index is 751. The zero-order valence-electron chi connectivity index (χ0n) is 17.3. The maximum Gasteiger partial charge on any atom is 0.0810 e. The van der Waals surface area contributed by atoms with E-state index in [2.05, 4.69) is 31.1 Å². The zero-order chi connectivity index (χ0) is 18.8. The molecule has 3 nitrogen and oxygen atoms in total. The molecule has 27 heavy (non-hydrogen) atoms. The number of aryl methyl sites for hydroxylation is 1. The Hall–Kier alpha value is -1.09. The van der Waals surface area contributed by atoms with Gasteiger partial charge < -0.3 is 5.11 Å². The molecule has 0 spiro atoms. The first-order chi connectivity index (χ1) is 12.9. The van der Waals surface area contributed by atoms with E-state index in [1.54, 1.807) is 0 Å². The number of hydrogen-bond donors (Lipinski definition) is 1. The van der Waals surface area contributed by atoms with Gasteiger partial charge in [-0.05, 0) is 91.7 Å². The smallest absolute Gasteiger partial charge is 0.0810 e. The van der Waals surface area contributed by atoms with Crippen LogP contribution in [0.2, 0.25) is 0 Å². The van der Waals surface area contributed by atoms with Gasteiger partial charge in [-0.15, -0.1) is 0 Å². The summed E-state index contributed by atoms with van der Waals surface area (Å²) >= 11 is 0. The lowest BCUT2D eigenvalue weighted by atomic mass is 9.45. The first-order valence-electron chi connectivity index (χ1n) is 11.3. The van der Waals surface area contributed by atoms with Crippen molar-refractivity contribution in [1.29, 1.82) is 0 Å². The van der Waals surface area contributed by atoms with Gasteiger partial charge in [0.25, 0.3) is 0 Å². The Morgan fingerprint density at radius 2 is 1.93 bits per heavy atom. The average molecular weight is 369 g/mol. The minimum atomic E-state index is -0.282. The highest BCUT2D eigenvalue weighted by atomic mass is 16.3.